The summed E-state index contributed by atoms with van der Waals surface area (Å²) in [7, 11) is 1.91. The number of halogens is 1. The van der Waals surface area contributed by atoms with Gasteiger partial charge in [0.25, 0.3) is 0 Å². The van der Waals surface area contributed by atoms with E-state index >= 15 is 0 Å². The van der Waals surface area contributed by atoms with Gasteiger partial charge in [-0.1, -0.05) is 42.0 Å². The molecule has 1 aromatic carbocycles. The van der Waals surface area contributed by atoms with Gasteiger partial charge in [0, 0.05) is 24.2 Å². The van der Waals surface area contributed by atoms with Gasteiger partial charge >= 0.3 is 0 Å². The van der Waals surface area contributed by atoms with Gasteiger partial charge in [0.15, 0.2) is 0 Å². The molecular weight excluding hydrogens is 312 g/mol. The average molecular weight is 331 g/mol. The van der Waals surface area contributed by atoms with Crippen molar-refractivity contribution in [1.82, 2.24) is 9.55 Å². The van der Waals surface area contributed by atoms with E-state index in [9.17, 15) is 10.2 Å². The first-order valence-corrected chi connectivity index (χ1v) is 7.82. The molecule has 0 fully saturated rings. The maximum Gasteiger partial charge on any atom is 0.0945 e. The number of allylic oxidation sites excluding steroid dienone is 2. The first-order valence-electron chi connectivity index (χ1n) is 7.44. The van der Waals surface area contributed by atoms with Crippen LogP contribution in [0.15, 0.2) is 60.6 Å². The molecule has 2 aromatic rings. The molecule has 1 aliphatic carbocycles. The number of hydrogen-bond donors (Lipinski definition) is 2. The number of aliphatic hydroxyl groups is 2. The van der Waals surface area contributed by atoms with Crippen LogP contribution in [0.1, 0.15) is 17.2 Å². The number of aliphatic hydroxyl groups excluding tert-OH is 2. The van der Waals surface area contributed by atoms with Gasteiger partial charge in [-0.25, -0.2) is 4.98 Å². The molecule has 2 unspecified atom stereocenters. The summed E-state index contributed by atoms with van der Waals surface area (Å²) >= 11 is 6.01. The van der Waals surface area contributed by atoms with Crippen LogP contribution in [0.2, 0.25) is 5.02 Å². The van der Waals surface area contributed by atoms with Crippen molar-refractivity contribution in [3.8, 4) is 0 Å². The van der Waals surface area contributed by atoms with Gasteiger partial charge in [0.2, 0.25) is 0 Å². The van der Waals surface area contributed by atoms with Crippen molar-refractivity contribution >= 4 is 11.6 Å². The molecule has 5 heteroatoms. The second-order valence-electron chi connectivity index (χ2n) is 5.83. The maximum absolute atomic E-state index is 10.3. The van der Waals surface area contributed by atoms with Gasteiger partial charge in [-0.2, -0.15) is 0 Å². The molecule has 3 rings (SSSR count). The molecule has 2 atom stereocenters. The van der Waals surface area contributed by atoms with Crippen LogP contribution in [0.25, 0.3) is 0 Å². The maximum atomic E-state index is 10.3. The van der Waals surface area contributed by atoms with E-state index in [1.807, 2.05) is 54.1 Å². The van der Waals surface area contributed by atoms with Crippen LogP contribution < -0.4 is 0 Å². The number of aryl methyl sites for hydroxylation is 1. The van der Waals surface area contributed by atoms with Gasteiger partial charge in [-0.05, 0) is 23.3 Å². The Balaban J connectivity index is 2.20. The van der Waals surface area contributed by atoms with E-state index in [2.05, 4.69) is 4.98 Å². The number of rotatable bonds is 4. The molecule has 0 saturated carbocycles. The zero-order valence-electron chi connectivity index (χ0n) is 12.9. The van der Waals surface area contributed by atoms with Gasteiger partial charge in [-0.15, -0.1) is 0 Å². The van der Waals surface area contributed by atoms with Gasteiger partial charge < -0.3 is 14.8 Å². The Labute approximate surface area is 140 Å². The van der Waals surface area contributed by atoms with Crippen LogP contribution in [-0.4, -0.2) is 33.0 Å². The minimum Gasteiger partial charge on any atom is -0.395 e. The third-order valence-corrected chi connectivity index (χ3v) is 4.78. The van der Waals surface area contributed by atoms with Crippen LogP contribution in [-0.2, 0) is 12.5 Å². The predicted molar refractivity (Wildman–Crippen MR) is 90.5 cm³/mol. The highest BCUT2D eigenvalue weighted by molar-refractivity contribution is 6.30. The fourth-order valence-corrected chi connectivity index (χ4v) is 3.57. The standard InChI is InChI=1S/C18H19ClN2O2/c1-21-12-20-9-16(21)18(11-23)8-2-3-14(10-22)17(18)13-4-6-15(19)7-5-13/h2-9,12,17,22-23H,10-11H2,1H3. The SMILES string of the molecule is Cn1cncc1C1(CO)C=CC=C(CO)C1c1ccc(Cl)cc1. The number of benzene rings is 1. The second-order valence-corrected chi connectivity index (χ2v) is 6.27. The molecule has 0 saturated heterocycles. The summed E-state index contributed by atoms with van der Waals surface area (Å²) in [6.07, 6.45) is 9.27. The Morgan fingerprint density at radius 2 is 2.00 bits per heavy atom. The Kier molecular flexibility index (Phi) is 4.39. The Bertz CT molecular complexity index is 749. The number of hydrogen-bond acceptors (Lipinski definition) is 3. The Hall–Kier alpha value is -1.88. The third-order valence-electron chi connectivity index (χ3n) is 4.53. The van der Waals surface area contributed by atoms with Crippen LogP contribution in [0, 0.1) is 0 Å². The Morgan fingerprint density at radius 1 is 1.26 bits per heavy atom. The molecular formula is C18H19ClN2O2. The summed E-state index contributed by atoms with van der Waals surface area (Å²) in [5.41, 5.74) is 2.07. The molecule has 0 amide bonds. The van der Waals surface area contributed by atoms with E-state index in [0.29, 0.717) is 5.02 Å². The van der Waals surface area contributed by atoms with Crippen LogP contribution in [0.4, 0.5) is 0 Å². The molecule has 4 nitrogen and oxygen atoms in total. The van der Waals surface area contributed by atoms with Gasteiger partial charge in [-0.3, -0.25) is 0 Å². The van der Waals surface area contributed by atoms with Crippen molar-refractivity contribution in [2.75, 3.05) is 13.2 Å². The molecule has 0 radical (unpaired) electrons. The largest absolute Gasteiger partial charge is 0.395 e. The molecule has 0 bridgehead atoms. The van der Waals surface area contributed by atoms with Crippen LogP contribution in [0.3, 0.4) is 0 Å². The van der Waals surface area contributed by atoms with Crippen molar-refractivity contribution in [2.24, 2.45) is 7.05 Å². The first-order chi connectivity index (χ1) is 11.1. The lowest BCUT2D eigenvalue weighted by molar-refractivity contribution is 0.195. The topological polar surface area (TPSA) is 58.3 Å². The van der Waals surface area contributed by atoms with Gasteiger partial charge in [0.05, 0.1) is 30.7 Å². The summed E-state index contributed by atoms with van der Waals surface area (Å²) in [6, 6.07) is 7.54. The van der Waals surface area contributed by atoms with E-state index in [1.54, 1.807) is 12.5 Å². The molecule has 23 heavy (non-hydrogen) atoms. The molecule has 1 heterocycles. The molecule has 120 valence electrons. The van der Waals surface area contributed by atoms with Crippen molar-refractivity contribution in [2.45, 2.75) is 11.3 Å². The summed E-state index contributed by atoms with van der Waals surface area (Å²) < 4.78 is 1.91. The highest BCUT2D eigenvalue weighted by atomic mass is 35.5. The molecule has 0 spiro atoms. The molecule has 0 aliphatic heterocycles. The second kappa shape index (κ2) is 6.32. The van der Waals surface area contributed by atoms with Crippen LogP contribution >= 0.6 is 11.6 Å². The number of nitrogens with zero attached hydrogens (tertiary/aromatic N) is 2. The number of imidazole rings is 1. The van der Waals surface area contributed by atoms with E-state index in [1.165, 1.54) is 0 Å². The zero-order valence-corrected chi connectivity index (χ0v) is 13.6. The van der Waals surface area contributed by atoms with E-state index in [0.717, 1.165) is 16.8 Å². The normalized spacial score (nSPS) is 23.8. The van der Waals surface area contributed by atoms with Gasteiger partial charge in [0.1, 0.15) is 0 Å². The highest BCUT2D eigenvalue weighted by Gasteiger charge is 2.43. The fraction of sp³-hybridized carbons (Fsp3) is 0.278. The minimum absolute atomic E-state index is 0.0722. The van der Waals surface area contributed by atoms with E-state index in [4.69, 9.17) is 11.6 Å². The summed E-state index contributed by atoms with van der Waals surface area (Å²) in [4.78, 5) is 4.20. The van der Waals surface area contributed by atoms with E-state index in [-0.39, 0.29) is 19.1 Å². The minimum atomic E-state index is -0.675. The molecule has 2 N–H and O–H groups in total. The smallest absolute Gasteiger partial charge is 0.0945 e. The monoisotopic (exact) mass is 330 g/mol. The first kappa shape index (κ1) is 16.0. The highest BCUT2D eigenvalue weighted by Crippen LogP contribution is 2.46. The van der Waals surface area contributed by atoms with Crippen molar-refractivity contribution < 1.29 is 10.2 Å². The van der Waals surface area contributed by atoms with Crippen molar-refractivity contribution in [3.63, 3.8) is 0 Å². The average Bonchev–Trinajstić information content (AvgIpc) is 3.01. The summed E-state index contributed by atoms with van der Waals surface area (Å²) in [6.45, 7) is -0.162. The lowest BCUT2D eigenvalue weighted by Crippen LogP contribution is -2.40. The molecule has 1 aliphatic rings. The third kappa shape index (κ3) is 2.63. The lowest BCUT2D eigenvalue weighted by atomic mass is 9.65. The number of aromatic nitrogens is 2. The summed E-state index contributed by atoms with van der Waals surface area (Å²) in [5, 5.41) is 20.8. The van der Waals surface area contributed by atoms with Crippen LogP contribution in [0.5, 0.6) is 0 Å². The van der Waals surface area contributed by atoms with Crippen molar-refractivity contribution in [3.05, 3.63) is 76.9 Å². The quantitative estimate of drug-likeness (QED) is 0.906. The summed E-state index contributed by atoms with van der Waals surface area (Å²) in [5.74, 6) is -0.185. The van der Waals surface area contributed by atoms with Crippen molar-refractivity contribution in [1.29, 1.82) is 0 Å². The molecule has 1 aromatic heterocycles. The predicted octanol–water partition coefficient (Wildman–Crippen LogP) is 2.58. The van der Waals surface area contributed by atoms with E-state index < -0.39 is 5.41 Å². The Morgan fingerprint density at radius 3 is 2.57 bits per heavy atom. The zero-order chi connectivity index (χ0) is 16.4. The fourth-order valence-electron chi connectivity index (χ4n) is 3.44. The lowest BCUT2D eigenvalue weighted by Gasteiger charge is -2.40.